The second-order valence-corrected chi connectivity index (χ2v) is 4.78. The molecule has 0 spiro atoms. The van der Waals surface area contributed by atoms with E-state index in [1.807, 2.05) is 6.92 Å². The predicted molar refractivity (Wildman–Crippen MR) is 66.9 cm³/mol. The predicted octanol–water partition coefficient (Wildman–Crippen LogP) is 3.42. The topological polar surface area (TPSA) is 29.5 Å². The summed E-state index contributed by atoms with van der Waals surface area (Å²) in [4.78, 5) is 0. The summed E-state index contributed by atoms with van der Waals surface area (Å²) >= 11 is 0. The van der Waals surface area contributed by atoms with Crippen molar-refractivity contribution in [2.24, 2.45) is 0 Å². The molecule has 0 saturated carbocycles. The number of aliphatic hydroxyl groups excluding tert-OH is 1. The van der Waals surface area contributed by atoms with Gasteiger partial charge in [0.15, 0.2) is 0 Å². The van der Waals surface area contributed by atoms with Gasteiger partial charge in [0.05, 0.1) is 17.3 Å². The quantitative estimate of drug-likeness (QED) is 0.893. The number of rotatable bonds is 5. The first kappa shape index (κ1) is 16.0. The number of hydrogen-bond acceptors (Lipinski definition) is 2. The molecule has 1 aromatic carbocycles. The van der Waals surface area contributed by atoms with E-state index in [0.29, 0.717) is 12.0 Å². The number of ether oxygens (including phenoxy) is 1. The van der Waals surface area contributed by atoms with Crippen LogP contribution in [0.4, 0.5) is 13.2 Å². The van der Waals surface area contributed by atoms with Gasteiger partial charge in [0, 0.05) is 13.5 Å². The highest BCUT2D eigenvalue weighted by molar-refractivity contribution is 5.25. The van der Waals surface area contributed by atoms with Crippen molar-refractivity contribution in [3.63, 3.8) is 0 Å². The van der Waals surface area contributed by atoms with Crippen LogP contribution in [0.25, 0.3) is 0 Å². The Bertz CT molecular complexity index is 394. The SMILES string of the molecule is CCC(C)(OC)C(O)Cc1ccc(C(F)(F)F)cc1. The maximum atomic E-state index is 12.4. The van der Waals surface area contributed by atoms with Crippen molar-refractivity contribution in [2.75, 3.05) is 7.11 Å². The van der Waals surface area contributed by atoms with Crippen LogP contribution in [-0.4, -0.2) is 23.9 Å². The number of aliphatic hydroxyl groups is 1. The van der Waals surface area contributed by atoms with Crippen molar-refractivity contribution >= 4 is 0 Å². The Morgan fingerprint density at radius 2 is 1.74 bits per heavy atom. The molecule has 0 heterocycles. The van der Waals surface area contributed by atoms with Crippen molar-refractivity contribution in [1.29, 1.82) is 0 Å². The number of benzene rings is 1. The van der Waals surface area contributed by atoms with Crippen LogP contribution >= 0.6 is 0 Å². The van der Waals surface area contributed by atoms with Crippen LogP contribution in [0, 0.1) is 0 Å². The van der Waals surface area contributed by atoms with E-state index >= 15 is 0 Å². The third kappa shape index (κ3) is 3.94. The lowest BCUT2D eigenvalue weighted by molar-refractivity contribution is -0.137. The molecule has 2 nitrogen and oxygen atoms in total. The van der Waals surface area contributed by atoms with Crippen LogP contribution in [0.2, 0.25) is 0 Å². The highest BCUT2D eigenvalue weighted by Crippen LogP contribution is 2.29. The molecule has 1 aromatic rings. The molecule has 19 heavy (non-hydrogen) atoms. The van der Waals surface area contributed by atoms with Crippen LogP contribution < -0.4 is 0 Å². The van der Waals surface area contributed by atoms with Gasteiger partial charge in [0.1, 0.15) is 0 Å². The molecule has 0 aliphatic heterocycles. The molecule has 0 aliphatic rings. The van der Waals surface area contributed by atoms with Gasteiger partial charge in [0.2, 0.25) is 0 Å². The first-order chi connectivity index (χ1) is 8.73. The smallest absolute Gasteiger partial charge is 0.390 e. The molecule has 5 heteroatoms. The third-order valence-electron chi connectivity index (χ3n) is 3.58. The van der Waals surface area contributed by atoms with Crippen LogP contribution in [0.3, 0.4) is 0 Å². The van der Waals surface area contributed by atoms with Gasteiger partial charge in [-0.05, 0) is 31.0 Å². The number of halogens is 3. The van der Waals surface area contributed by atoms with Gasteiger partial charge in [-0.2, -0.15) is 13.2 Å². The molecule has 0 radical (unpaired) electrons. The fraction of sp³-hybridized carbons (Fsp3) is 0.571. The lowest BCUT2D eigenvalue weighted by Crippen LogP contribution is -2.42. The summed E-state index contributed by atoms with van der Waals surface area (Å²) < 4.78 is 42.5. The van der Waals surface area contributed by atoms with Crippen molar-refractivity contribution in [1.82, 2.24) is 0 Å². The normalized spacial score (nSPS) is 17.0. The Morgan fingerprint density at radius 1 is 1.21 bits per heavy atom. The first-order valence-electron chi connectivity index (χ1n) is 6.12. The van der Waals surface area contributed by atoms with Gasteiger partial charge in [-0.1, -0.05) is 19.1 Å². The summed E-state index contributed by atoms with van der Waals surface area (Å²) in [6.45, 7) is 3.67. The van der Waals surface area contributed by atoms with Gasteiger partial charge < -0.3 is 9.84 Å². The summed E-state index contributed by atoms with van der Waals surface area (Å²) in [5, 5.41) is 10.1. The molecular weight excluding hydrogens is 257 g/mol. The lowest BCUT2D eigenvalue weighted by atomic mass is 9.90. The molecule has 0 aromatic heterocycles. The summed E-state index contributed by atoms with van der Waals surface area (Å²) in [6, 6.07) is 4.83. The number of hydrogen-bond donors (Lipinski definition) is 1. The number of alkyl halides is 3. The Morgan fingerprint density at radius 3 is 2.11 bits per heavy atom. The molecule has 0 saturated heterocycles. The molecular formula is C14H19F3O2. The van der Waals surface area contributed by atoms with Gasteiger partial charge in [-0.15, -0.1) is 0 Å². The van der Waals surface area contributed by atoms with Crippen molar-refractivity contribution in [2.45, 2.75) is 44.6 Å². The monoisotopic (exact) mass is 276 g/mol. The summed E-state index contributed by atoms with van der Waals surface area (Å²) in [6.07, 6.45) is -4.22. The Kier molecular flexibility index (Phi) is 4.98. The zero-order valence-corrected chi connectivity index (χ0v) is 11.3. The molecule has 1 rings (SSSR count). The molecule has 108 valence electrons. The maximum absolute atomic E-state index is 12.4. The van der Waals surface area contributed by atoms with E-state index in [1.165, 1.54) is 19.2 Å². The standard InChI is InChI=1S/C14H19F3O2/c1-4-13(2,19-3)12(18)9-10-5-7-11(8-6-10)14(15,16)17/h5-8,12,18H,4,9H2,1-3H3. The van der Waals surface area contributed by atoms with E-state index in [9.17, 15) is 18.3 Å². The largest absolute Gasteiger partial charge is 0.416 e. The van der Waals surface area contributed by atoms with E-state index in [2.05, 4.69) is 0 Å². The second kappa shape index (κ2) is 5.92. The zero-order valence-electron chi connectivity index (χ0n) is 11.3. The second-order valence-electron chi connectivity index (χ2n) is 4.78. The highest BCUT2D eigenvalue weighted by atomic mass is 19.4. The molecule has 0 aliphatic carbocycles. The van der Waals surface area contributed by atoms with Crippen molar-refractivity contribution in [3.05, 3.63) is 35.4 Å². The average Bonchev–Trinajstić information content (AvgIpc) is 2.37. The Balaban J connectivity index is 2.78. The minimum atomic E-state index is -4.33. The fourth-order valence-corrected chi connectivity index (χ4v) is 1.78. The van der Waals surface area contributed by atoms with Crippen LogP contribution in [0.15, 0.2) is 24.3 Å². The van der Waals surface area contributed by atoms with E-state index < -0.39 is 23.4 Å². The maximum Gasteiger partial charge on any atom is 0.416 e. The molecule has 0 bridgehead atoms. The van der Waals surface area contributed by atoms with Gasteiger partial charge in [-0.25, -0.2) is 0 Å². The molecule has 2 atom stereocenters. The fourth-order valence-electron chi connectivity index (χ4n) is 1.78. The van der Waals surface area contributed by atoms with E-state index in [0.717, 1.165) is 12.1 Å². The van der Waals surface area contributed by atoms with Gasteiger partial charge >= 0.3 is 6.18 Å². The highest BCUT2D eigenvalue weighted by Gasteiger charge is 2.32. The minimum absolute atomic E-state index is 0.260. The van der Waals surface area contributed by atoms with E-state index in [4.69, 9.17) is 4.74 Å². The summed E-state index contributed by atoms with van der Waals surface area (Å²) in [7, 11) is 1.51. The van der Waals surface area contributed by atoms with Crippen molar-refractivity contribution < 1.29 is 23.0 Å². The summed E-state index contributed by atoms with van der Waals surface area (Å²) in [5.74, 6) is 0. The zero-order chi connectivity index (χ0) is 14.7. The van der Waals surface area contributed by atoms with E-state index in [1.54, 1.807) is 6.92 Å². The molecule has 0 amide bonds. The van der Waals surface area contributed by atoms with Crippen molar-refractivity contribution in [3.8, 4) is 0 Å². The summed E-state index contributed by atoms with van der Waals surface area (Å²) in [5.41, 5.74) is -0.726. The Labute approximate surface area is 111 Å². The van der Waals surface area contributed by atoms with Crippen LogP contribution in [0.1, 0.15) is 31.4 Å². The van der Waals surface area contributed by atoms with Crippen LogP contribution in [0.5, 0.6) is 0 Å². The third-order valence-corrected chi connectivity index (χ3v) is 3.58. The van der Waals surface area contributed by atoms with E-state index in [-0.39, 0.29) is 6.42 Å². The van der Waals surface area contributed by atoms with Gasteiger partial charge in [-0.3, -0.25) is 0 Å². The minimum Gasteiger partial charge on any atom is -0.390 e. The lowest BCUT2D eigenvalue weighted by Gasteiger charge is -2.32. The Hall–Kier alpha value is -1.07. The molecule has 1 N–H and O–H groups in total. The van der Waals surface area contributed by atoms with Gasteiger partial charge in [0.25, 0.3) is 0 Å². The first-order valence-corrected chi connectivity index (χ1v) is 6.12. The molecule has 2 unspecified atom stereocenters. The molecule has 0 fully saturated rings. The number of methoxy groups -OCH3 is 1. The van der Waals surface area contributed by atoms with Crippen LogP contribution in [-0.2, 0) is 17.3 Å². The average molecular weight is 276 g/mol.